The van der Waals surface area contributed by atoms with Gasteiger partial charge in [0.25, 0.3) is 0 Å². The van der Waals surface area contributed by atoms with E-state index in [0.29, 0.717) is 13.0 Å². The predicted molar refractivity (Wildman–Crippen MR) is 68.8 cm³/mol. The third kappa shape index (κ3) is 3.91. The Kier molecular flexibility index (Phi) is 5.28. The standard InChI is InChI=1S/C11H16N2O5S/c1-18-10-4-3-8(7-9(10)11(14)15)19(16,17)13-6-2-5-12/h3-4,7,13H,2,5-6,12H2,1H3,(H,14,15). The summed E-state index contributed by atoms with van der Waals surface area (Å²) in [5.41, 5.74) is 5.06. The van der Waals surface area contributed by atoms with Crippen LogP contribution >= 0.6 is 0 Å². The molecule has 0 aliphatic rings. The first-order valence-electron chi connectivity index (χ1n) is 5.53. The number of sulfonamides is 1. The molecular weight excluding hydrogens is 272 g/mol. The molecular formula is C11H16N2O5S. The molecule has 4 N–H and O–H groups in total. The summed E-state index contributed by atoms with van der Waals surface area (Å²) >= 11 is 0. The quantitative estimate of drug-likeness (QED) is 0.609. The first-order valence-corrected chi connectivity index (χ1v) is 7.01. The third-order valence-corrected chi connectivity index (χ3v) is 3.84. The van der Waals surface area contributed by atoms with E-state index in [0.717, 1.165) is 6.07 Å². The van der Waals surface area contributed by atoms with Crippen molar-refractivity contribution < 1.29 is 23.1 Å². The highest BCUT2D eigenvalue weighted by Gasteiger charge is 2.18. The lowest BCUT2D eigenvalue weighted by atomic mass is 10.2. The van der Waals surface area contributed by atoms with Crippen molar-refractivity contribution >= 4 is 16.0 Å². The summed E-state index contributed by atoms with van der Waals surface area (Å²) in [5, 5.41) is 8.99. The smallest absolute Gasteiger partial charge is 0.339 e. The van der Waals surface area contributed by atoms with Gasteiger partial charge in [0.1, 0.15) is 11.3 Å². The molecule has 1 aromatic rings. The fraction of sp³-hybridized carbons (Fsp3) is 0.364. The van der Waals surface area contributed by atoms with Gasteiger partial charge in [-0.15, -0.1) is 0 Å². The van der Waals surface area contributed by atoms with Gasteiger partial charge in [0.15, 0.2) is 0 Å². The first-order chi connectivity index (χ1) is 8.92. The second-order valence-electron chi connectivity index (χ2n) is 3.71. The zero-order valence-corrected chi connectivity index (χ0v) is 11.2. The van der Waals surface area contributed by atoms with E-state index in [1.54, 1.807) is 0 Å². The summed E-state index contributed by atoms with van der Waals surface area (Å²) in [6, 6.07) is 3.66. The van der Waals surface area contributed by atoms with Gasteiger partial charge in [-0.3, -0.25) is 0 Å². The van der Waals surface area contributed by atoms with Gasteiger partial charge in [-0.05, 0) is 31.2 Å². The monoisotopic (exact) mass is 288 g/mol. The number of carboxylic acids is 1. The Morgan fingerprint density at radius 2 is 2.16 bits per heavy atom. The van der Waals surface area contributed by atoms with Crippen LogP contribution in [-0.4, -0.2) is 39.7 Å². The fourth-order valence-corrected chi connectivity index (χ4v) is 2.51. The van der Waals surface area contributed by atoms with Gasteiger partial charge in [0.2, 0.25) is 10.0 Å². The van der Waals surface area contributed by atoms with Gasteiger partial charge in [0, 0.05) is 6.54 Å². The molecule has 0 saturated heterocycles. The fourth-order valence-electron chi connectivity index (χ4n) is 1.41. The molecule has 106 valence electrons. The number of hydrogen-bond acceptors (Lipinski definition) is 5. The van der Waals surface area contributed by atoms with Crippen molar-refractivity contribution in [3.05, 3.63) is 23.8 Å². The second-order valence-corrected chi connectivity index (χ2v) is 5.47. The van der Waals surface area contributed by atoms with E-state index in [1.165, 1.54) is 19.2 Å². The van der Waals surface area contributed by atoms with Crippen LogP contribution in [0.3, 0.4) is 0 Å². The average Bonchev–Trinajstić information content (AvgIpc) is 2.38. The number of nitrogens with two attached hydrogens (primary N) is 1. The van der Waals surface area contributed by atoms with Crippen molar-refractivity contribution in [1.29, 1.82) is 0 Å². The molecule has 0 unspecified atom stereocenters. The largest absolute Gasteiger partial charge is 0.496 e. The van der Waals surface area contributed by atoms with E-state index in [-0.39, 0.29) is 22.8 Å². The van der Waals surface area contributed by atoms with Crippen molar-refractivity contribution in [2.75, 3.05) is 20.2 Å². The number of aromatic carboxylic acids is 1. The van der Waals surface area contributed by atoms with Gasteiger partial charge >= 0.3 is 5.97 Å². The Balaban J connectivity index is 3.07. The second kappa shape index (κ2) is 6.50. The van der Waals surface area contributed by atoms with Crippen LogP contribution < -0.4 is 15.2 Å². The molecule has 0 spiro atoms. The van der Waals surface area contributed by atoms with Gasteiger partial charge in [0.05, 0.1) is 12.0 Å². The molecule has 0 aromatic heterocycles. The molecule has 19 heavy (non-hydrogen) atoms. The van der Waals surface area contributed by atoms with E-state index in [2.05, 4.69) is 4.72 Å². The third-order valence-electron chi connectivity index (χ3n) is 2.38. The van der Waals surface area contributed by atoms with E-state index in [1.807, 2.05) is 0 Å². The summed E-state index contributed by atoms with van der Waals surface area (Å²) in [7, 11) is -2.42. The highest BCUT2D eigenvalue weighted by Crippen LogP contribution is 2.22. The van der Waals surface area contributed by atoms with Gasteiger partial charge in [-0.2, -0.15) is 0 Å². The molecule has 0 radical (unpaired) electrons. The van der Waals surface area contributed by atoms with Gasteiger partial charge < -0.3 is 15.6 Å². The Labute approximate surface area is 111 Å². The number of carboxylic acid groups (broad SMARTS) is 1. The highest BCUT2D eigenvalue weighted by atomic mass is 32.2. The molecule has 0 saturated carbocycles. The van der Waals surface area contributed by atoms with Crippen LogP contribution in [0.1, 0.15) is 16.8 Å². The van der Waals surface area contributed by atoms with Crippen LogP contribution in [0.4, 0.5) is 0 Å². The number of nitrogens with one attached hydrogen (secondary N) is 1. The molecule has 1 rings (SSSR count). The predicted octanol–water partition coefficient (Wildman–Crippen LogP) is 0.0205. The molecule has 0 fully saturated rings. The molecule has 8 heteroatoms. The maximum Gasteiger partial charge on any atom is 0.339 e. The van der Waals surface area contributed by atoms with E-state index in [9.17, 15) is 13.2 Å². The minimum atomic E-state index is -3.74. The highest BCUT2D eigenvalue weighted by molar-refractivity contribution is 7.89. The summed E-state index contributed by atoms with van der Waals surface area (Å²) in [5.74, 6) is -1.15. The van der Waals surface area contributed by atoms with Crippen LogP contribution in [0.25, 0.3) is 0 Å². The van der Waals surface area contributed by atoms with E-state index < -0.39 is 16.0 Å². The molecule has 0 amide bonds. The first kappa shape index (κ1) is 15.4. The number of ether oxygens (including phenoxy) is 1. The lowest BCUT2D eigenvalue weighted by Crippen LogP contribution is -2.26. The lowest BCUT2D eigenvalue weighted by Gasteiger charge is -2.09. The average molecular weight is 288 g/mol. The normalized spacial score (nSPS) is 11.3. The van der Waals surface area contributed by atoms with Crippen molar-refractivity contribution in [3.63, 3.8) is 0 Å². The zero-order valence-electron chi connectivity index (χ0n) is 10.4. The number of rotatable bonds is 7. The van der Waals surface area contributed by atoms with Crippen LogP contribution in [-0.2, 0) is 10.0 Å². The number of methoxy groups -OCH3 is 1. The SMILES string of the molecule is COc1ccc(S(=O)(=O)NCCCN)cc1C(=O)O. The van der Waals surface area contributed by atoms with Crippen LogP contribution in [0.5, 0.6) is 5.75 Å². The van der Waals surface area contributed by atoms with Crippen molar-refractivity contribution in [1.82, 2.24) is 4.72 Å². The van der Waals surface area contributed by atoms with Crippen LogP contribution in [0.15, 0.2) is 23.1 Å². The number of benzene rings is 1. The Hall–Kier alpha value is -1.64. The van der Waals surface area contributed by atoms with Crippen LogP contribution in [0, 0.1) is 0 Å². The lowest BCUT2D eigenvalue weighted by molar-refractivity contribution is 0.0693. The number of hydrogen-bond donors (Lipinski definition) is 3. The molecule has 0 aliphatic heterocycles. The summed E-state index contributed by atoms with van der Waals surface area (Å²) in [6.07, 6.45) is 0.501. The molecule has 1 aromatic carbocycles. The molecule has 0 heterocycles. The number of carbonyl (C=O) groups is 1. The van der Waals surface area contributed by atoms with Gasteiger partial charge in [-0.1, -0.05) is 0 Å². The Morgan fingerprint density at radius 1 is 1.47 bits per heavy atom. The minimum absolute atomic E-state index is 0.105. The zero-order chi connectivity index (χ0) is 14.5. The topological polar surface area (TPSA) is 119 Å². The minimum Gasteiger partial charge on any atom is -0.496 e. The Bertz CT molecular complexity index is 556. The van der Waals surface area contributed by atoms with Crippen molar-refractivity contribution in [2.24, 2.45) is 5.73 Å². The molecule has 7 nitrogen and oxygen atoms in total. The summed E-state index contributed by atoms with van der Waals surface area (Å²) in [4.78, 5) is 10.9. The maximum atomic E-state index is 11.9. The maximum absolute atomic E-state index is 11.9. The van der Waals surface area contributed by atoms with Crippen LogP contribution in [0.2, 0.25) is 0 Å². The summed E-state index contributed by atoms with van der Waals surface area (Å²) < 4.78 is 31.0. The van der Waals surface area contributed by atoms with E-state index in [4.69, 9.17) is 15.6 Å². The molecule has 0 aliphatic carbocycles. The summed E-state index contributed by atoms with van der Waals surface area (Å²) in [6.45, 7) is 0.568. The molecule has 0 bridgehead atoms. The van der Waals surface area contributed by atoms with Crippen molar-refractivity contribution in [3.8, 4) is 5.75 Å². The Morgan fingerprint density at radius 3 is 2.68 bits per heavy atom. The molecule has 0 atom stereocenters. The van der Waals surface area contributed by atoms with E-state index >= 15 is 0 Å². The van der Waals surface area contributed by atoms with Crippen molar-refractivity contribution in [2.45, 2.75) is 11.3 Å². The van der Waals surface area contributed by atoms with Gasteiger partial charge in [-0.25, -0.2) is 17.9 Å².